The summed E-state index contributed by atoms with van der Waals surface area (Å²) in [4.78, 5) is 49.3. The minimum absolute atomic E-state index is 0.0347. The lowest BCUT2D eigenvalue weighted by Crippen LogP contribution is -2.13. The number of rotatable bonds is 3. The topological polar surface area (TPSA) is 124 Å². The fourth-order valence-electron chi connectivity index (χ4n) is 3.89. The van der Waals surface area contributed by atoms with Crippen molar-refractivity contribution in [3.05, 3.63) is 39.4 Å². The predicted octanol–water partition coefficient (Wildman–Crippen LogP) is 3.60. The van der Waals surface area contributed by atoms with Crippen LogP contribution in [0.15, 0.2) is 6.07 Å². The number of fused-ring (bicyclic) bond motifs is 4. The van der Waals surface area contributed by atoms with Gasteiger partial charge >= 0.3 is 23.9 Å². The molecule has 0 aliphatic carbocycles. The van der Waals surface area contributed by atoms with Crippen molar-refractivity contribution in [1.82, 2.24) is 0 Å². The minimum Gasteiger partial charge on any atom is -0.496 e. The summed E-state index contributed by atoms with van der Waals surface area (Å²) in [7, 11) is 1.48. The van der Waals surface area contributed by atoms with E-state index in [4.69, 9.17) is 28.4 Å². The first-order valence-electron chi connectivity index (χ1n) is 9.90. The molecule has 10 nitrogen and oxygen atoms in total. The summed E-state index contributed by atoms with van der Waals surface area (Å²) in [6.45, 7) is 7.17. The lowest BCUT2D eigenvalue weighted by molar-refractivity contribution is -0.165. The second-order valence-corrected chi connectivity index (χ2v) is 7.56. The van der Waals surface area contributed by atoms with Crippen molar-refractivity contribution in [2.45, 2.75) is 40.9 Å². The van der Waals surface area contributed by atoms with Gasteiger partial charge in [0.05, 0.1) is 12.7 Å². The minimum atomic E-state index is -1.50. The van der Waals surface area contributed by atoms with Gasteiger partial charge in [-0.15, -0.1) is 0 Å². The van der Waals surface area contributed by atoms with Crippen LogP contribution in [0.25, 0.3) is 0 Å². The number of benzene rings is 2. The highest BCUT2D eigenvalue weighted by atomic mass is 16.7. The number of ether oxygens (including phenoxy) is 6. The highest BCUT2D eigenvalue weighted by molar-refractivity contribution is 6.03. The standard InChI is InChI=1S/C23H20O10/c1-8-7-13(28-6)9(2)17-14(8)21(26)32-19-10(3)18(29-11(4)24)15-16(20(19)31-17)23(30-12(5)25)33-22(15)27/h7,23H,1-6H3. The molecule has 0 fully saturated rings. The van der Waals surface area contributed by atoms with E-state index in [-0.39, 0.29) is 45.3 Å². The van der Waals surface area contributed by atoms with E-state index in [2.05, 4.69) is 0 Å². The highest BCUT2D eigenvalue weighted by Crippen LogP contribution is 2.54. The second kappa shape index (κ2) is 7.80. The van der Waals surface area contributed by atoms with Gasteiger partial charge in [-0.2, -0.15) is 0 Å². The molecule has 4 rings (SSSR count). The Bertz CT molecular complexity index is 1260. The van der Waals surface area contributed by atoms with E-state index in [1.807, 2.05) is 0 Å². The van der Waals surface area contributed by atoms with Crippen LogP contribution in [0, 0.1) is 20.8 Å². The number of hydrogen-bond acceptors (Lipinski definition) is 10. The van der Waals surface area contributed by atoms with Crippen LogP contribution in [-0.4, -0.2) is 31.0 Å². The fraction of sp³-hybridized carbons (Fsp3) is 0.304. The van der Waals surface area contributed by atoms with Crippen LogP contribution >= 0.6 is 0 Å². The molecule has 10 heteroatoms. The first-order valence-corrected chi connectivity index (χ1v) is 9.90. The van der Waals surface area contributed by atoms with Crippen LogP contribution in [0.1, 0.15) is 63.1 Å². The number of hydrogen-bond donors (Lipinski definition) is 0. The maximum Gasteiger partial charge on any atom is 0.347 e. The zero-order valence-electron chi connectivity index (χ0n) is 18.7. The van der Waals surface area contributed by atoms with Gasteiger partial charge in [0.1, 0.15) is 22.6 Å². The maximum absolute atomic E-state index is 13.1. The molecule has 0 amide bonds. The van der Waals surface area contributed by atoms with E-state index in [1.165, 1.54) is 14.0 Å². The van der Waals surface area contributed by atoms with Gasteiger partial charge in [-0.1, -0.05) is 0 Å². The van der Waals surface area contributed by atoms with E-state index in [0.717, 1.165) is 13.8 Å². The van der Waals surface area contributed by atoms with Crippen molar-refractivity contribution in [3.63, 3.8) is 0 Å². The molecule has 1 unspecified atom stereocenters. The zero-order valence-corrected chi connectivity index (χ0v) is 18.7. The van der Waals surface area contributed by atoms with Crippen LogP contribution < -0.4 is 18.9 Å². The van der Waals surface area contributed by atoms with E-state index < -0.39 is 30.2 Å². The summed E-state index contributed by atoms with van der Waals surface area (Å²) >= 11 is 0. The van der Waals surface area contributed by atoms with Gasteiger partial charge in [0.2, 0.25) is 0 Å². The average Bonchev–Trinajstić information content (AvgIpc) is 2.94. The van der Waals surface area contributed by atoms with Crippen LogP contribution in [-0.2, 0) is 19.1 Å². The molecule has 0 bridgehead atoms. The van der Waals surface area contributed by atoms with Crippen molar-refractivity contribution in [3.8, 4) is 28.7 Å². The molecule has 172 valence electrons. The zero-order chi connectivity index (χ0) is 24.2. The fourth-order valence-corrected chi connectivity index (χ4v) is 3.89. The lowest BCUT2D eigenvalue weighted by atomic mass is 10.0. The van der Waals surface area contributed by atoms with Gasteiger partial charge in [0.15, 0.2) is 17.2 Å². The summed E-state index contributed by atoms with van der Waals surface area (Å²) in [6.07, 6.45) is -1.50. The van der Waals surface area contributed by atoms with E-state index in [9.17, 15) is 19.2 Å². The third kappa shape index (κ3) is 3.43. The Kier molecular flexibility index (Phi) is 5.23. The Morgan fingerprint density at radius 2 is 1.58 bits per heavy atom. The number of carbonyl (C=O) groups is 4. The van der Waals surface area contributed by atoms with Crippen LogP contribution in [0.5, 0.6) is 28.7 Å². The normalized spacial score (nSPS) is 15.8. The van der Waals surface area contributed by atoms with E-state index >= 15 is 0 Å². The molecule has 0 spiro atoms. The summed E-state index contributed by atoms with van der Waals surface area (Å²) in [6, 6.07) is 1.67. The molecule has 1 atom stereocenters. The van der Waals surface area contributed by atoms with Crippen molar-refractivity contribution in [2.24, 2.45) is 0 Å². The van der Waals surface area contributed by atoms with Crippen LogP contribution in [0.2, 0.25) is 0 Å². The van der Waals surface area contributed by atoms with Crippen molar-refractivity contribution in [1.29, 1.82) is 0 Å². The Morgan fingerprint density at radius 3 is 2.18 bits per heavy atom. The maximum atomic E-state index is 13.1. The highest BCUT2D eigenvalue weighted by Gasteiger charge is 2.45. The van der Waals surface area contributed by atoms with Crippen molar-refractivity contribution in [2.75, 3.05) is 7.11 Å². The molecule has 0 saturated heterocycles. The number of aryl methyl sites for hydroxylation is 1. The number of carbonyl (C=O) groups excluding carboxylic acids is 4. The molecule has 0 N–H and O–H groups in total. The van der Waals surface area contributed by atoms with E-state index in [0.29, 0.717) is 16.9 Å². The average molecular weight is 456 g/mol. The lowest BCUT2D eigenvalue weighted by Gasteiger charge is -2.19. The van der Waals surface area contributed by atoms with Crippen LogP contribution in [0.4, 0.5) is 0 Å². The van der Waals surface area contributed by atoms with Gasteiger partial charge in [-0.05, 0) is 32.4 Å². The number of esters is 4. The first kappa shape index (κ1) is 22.1. The van der Waals surface area contributed by atoms with Gasteiger partial charge in [-0.3, -0.25) is 9.59 Å². The predicted molar refractivity (Wildman–Crippen MR) is 110 cm³/mol. The third-order valence-corrected chi connectivity index (χ3v) is 5.30. The Labute approximate surface area is 188 Å². The summed E-state index contributed by atoms with van der Waals surface area (Å²) in [5.41, 5.74) is 1.15. The van der Waals surface area contributed by atoms with Gasteiger partial charge in [0.25, 0.3) is 6.29 Å². The Morgan fingerprint density at radius 1 is 0.879 bits per heavy atom. The Hall–Kier alpha value is -4.08. The second-order valence-electron chi connectivity index (χ2n) is 7.56. The molecule has 2 aromatic rings. The molecule has 0 radical (unpaired) electrons. The van der Waals surface area contributed by atoms with Crippen molar-refractivity contribution >= 4 is 23.9 Å². The molecule has 2 heterocycles. The molecule has 0 saturated carbocycles. The molecule has 2 aromatic carbocycles. The smallest absolute Gasteiger partial charge is 0.347 e. The molecule has 2 aliphatic rings. The molecular weight excluding hydrogens is 436 g/mol. The molecule has 2 aliphatic heterocycles. The van der Waals surface area contributed by atoms with Gasteiger partial charge in [-0.25, -0.2) is 9.59 Å². The summed E-state index contributed by atoms with van der Waals surface area (Å²) in [5.74, 6) is -2.79. The molecule has 33 heavy (non-hydrogen) atoms. The quantitative estimate of drug-likeness (QED) is 0.500. The summed E-state index contributed by atoms with van der Waals surface area (Å²) in [5, 5.41) is 0. The number of methoxy groups -OCH3 is 1. The van der Waals surface area contributed by atoms with Crippen LogP contribution in [0.3, 0.4) is 0 Å². The third-order valence-electron chi connectivity index (χ3n) is 5.30. The van der Waals surface area contributed by atoms with Gasteiger partial charge in [0, 0.05) is 25.0 Å². The van der Waals surface area contributed by atoms with Crippen molar-refractivity contribution < 1.29 is 47.6 Å². The first-order chi connectivity index (χ1) is 15.5. The summed E-state index contributed by atoms with van der Waals surface area (Å²) < 4.78 is 32.9. The molecular formula is C23H20O10. The molecule has 0 aromatic heterocycles. The van der Waals surface area contributed by atoms with E-state index in [1.54, 1.807) is 19.9 Å². The Balaban J connectivity index is 2.07. The largest absolute Gasteiger partial charge is 0.496 e. The number of cyclic esters (lactones) is 1. The van der Waals surface area contributed by atoms with Gasteiger partial charge < -0.3 is 28.4 Å². The monoisotopic (exact) mass is 456 g/mol. The SMILES string of the molecule is COc1cc(C)c2c(c1C)Oc1c(c(C)c(OC(C)=O)c3c1C(OC(C)=O)OC3=O)OC2=O.